The van der Waals surface area contributed by atoms with E-state index in [-0.39, 0.29) is 10.6 Å². The lowest BCUT2D eigenvalue weighted by Crippen LogP contribution is -2.18. The van der Waals surface area contributed by atoms with Crippen LogP contribution in [0.25, 0.3) is 21.8 Å². The fourth-order valence-corrected chi connectivity index (χ4v) is 3.47. The number of rotatable bonds is 2. The summed E-state index contributed by atoms with van der Waals surface area (Å²) in [6.07, 6.45) is -3.74. The number of benzene rings is 1. The van der Waals surface area contributed by atoms with Crippen LogP contribution in [-0.2, 0) is 13.0 Å². The summed E-state index contributed by atoms with van der Waals surface area (Å²) in [4.78, 5) is 14.2. The number of nitrogens with one attached hydrogen (secondary N) is 1. The third-order valence-corrected chi connectivity index (χ3v) is 4.36. The van der Waals surface area contributed by atoms with Gasteiger partial charge in [0.1, 0.15) is 6.54 Å². The van der Waals surface area contributed by atoms with Crippen LogP contribution in [0.4, 0.5) is 13.2 Å². The zero-order valence-electron chi connectivity index (χ0n) is 12.5. The molecule has 0 aliphatic heterocycles. The highest BCUT2D eigenvalue weighted by Gasteiger charge is 2.30. The maximum Gasteiger partial charge on any atom is 0.406 e. The zero-order valence-corrected chi connectivity index (χ0v) is 13.3. The van der Waals surface area contributed by atoms with Gasteiger partial charge in [-0.25, -0.2) is 0 Å². The molecule has 0 atom stereocenters. The Bertz CT molecular complexity index is 969. The Morgan fingerprint density at radius 3 is 2.57 bits per heavy atom. The number of H-pyrrole nitrogens is 1. The lowest BCUT2D eigenvalue weighted by Gasteiger charge is -2.11. The summed E-state index contributed by atoms with van der Waals surface area (Å²) in [6, 6.07) is 4.44. The van der Waals surface area contributed by atoms with E-state index < -0.39 is 12.7 Å². The molecule has 3 aromatic rings. The van der Waals surface area contributed by atoms with Gasteiger partial charge in [0.25, 0.3) is 0 Å². The van der Waals surface area contributed by atoms with Gasteiger partial charge < -0.3 is 9.55 Å². The predicted molar refractivity (Wildman–Crippen MR) is 85.2 cm³/mol. The summed E-state index contributed by atoms with van der Waals surface area (Å²) in [6.45, 7) is 2.51. The van der Waals surface area contributed by atoms with Crippen LogP contribution in [0, 0.1) is 6.92 Å². The van der Waals surface area contributed by atoms with Gasteiger partial charge >= 0.3 is 6.18 Å². The zero-order chi connectivity index (χ0) is 16.9. The van der Waals surface area contributed by atoms with E-state index in [4.69, 9.17) is 11.6 Å². The molecule has 0 aliphatic carbocycles. The second-order valence-electron chi connectivity index (χ2n) is 5.48. The van der Waals surface area contributed by atoms with E-state index in [1.165, 1.54) is 10.6 Å². The number of hydrogen-bond donors (Lipinski definition) is 1. The van der Waals surface area contributed by atoms with E-state index in [2.05, 4.69) is 4.98 Å². The van der Waals surface area contributed by atoms with Gasteiger partial charge in [-0.3, -0.25) is 4.79 Å². The van der Waals surface area contributed by atoms with Gasteiger partial charge in [0.2, 0.25) is 5.56 Å². The van der Waals surface area contributed by atoms with Gasteiger partial charge in [-0.2, -0.15) is 13.2 Å². The number of halogens is 4. The van der Waals surface area contributed by atoms with E-state index in [1.807, 2.05) is 6.92 Å². The van der Waals surface area contributed by atoms with Gasteiger partial charge in [-0.1, -0.05) is 18.5 Å². The molecule has 0 amide bonds. The molecule has 0 aliphatic rings. The van der Waals surface area contributed by atoms with Gasteiger partial charge in [-0.05, 0) is 31.0 Å². The smallest absolute Gasteiger partial charge is 0.335 e. The van der Waals surface area contributed by atoms with Gasteiger partial charge in [-0.15, -0.1) is 0 Å². The summed E-state index contributed by atoms with van der Waals surface area (Å²) in [5, 5.41) is 1.51. The number of alkyl halides is 3. The highest BCUT2D eigenvalue weighted by atomic mass is 35.5. The molecule has 3 rings (SSSR count). The fraction of sp³-hybridized carbons (Fsp3) is 0.312. The van der Waals surface area contributed by atoms with Crippen LogP contribution in [0.3, 0.4) is 0 Å². The number of fused-ring (bicyclic) bond motifs is 3. The van der Waals surface area contributed by atoms with Crippen molar-refractivity contribution in [1.82, 2.24) is 9.55 Å². The molecule has 0 fully saturated rings. The first-order valence-corrected chi connectivity index (χ1v) is 7.50. The normalized spacial score (nSPS) is 12.4. The van der Waals surface area contributed by atoms with Crippen molar-refractivity contribution in [3.8, 4) is 0 Å². The first-order valence-electron chi connectivity index (χ1n) is 7.13. The molecule has 2 aromatic heterocycles. The molecule has 0 spiro atoms. The second kappa shape index (κ2) is 5.30. The summed E-state index contributed by atoms with van der Waals surface area (Å²) in [7, 11) is 0. The highest BCUT2D eigenvalue weighted by molar-refractivity contribution is 6.37. The lowest BCUT2D eigenvalue weighted by molar-refractivity contribution is -0.140. The average molecular weight is 343 g/mol. The molecular formula is C16H14ClF3N2O. The highest BCUT2D eigenvalue weighted by Crippen LogP contribution is 2.36. The van der Waals surface area contributed by atoms with E-state index in [0.717, 1.165) is 5.56 Å². The van der Waals surface area contributed by atoms with Crippen molar-refractivity contribution >= 4 is 33.4 Å². The Balaban J connectivity index is 2.48. The number of nitrogens with zero attached hydrogens (tertiary/aromatic N) is 1. The van der Waals surface area contributed by atoms with Crippen LogP contribution in [0.1, 0.15) is 18.2 Å². The molecule has 0 unspecified atom stereocenters. The molecule has 0 saturated heterocycles. The van der Waals surface area contributed by atoms with Crippen molar-refractivity contribution in [3.63, 3.8) is 0 Å². The maximum absolute atomic E-state index is 12.9. The molecular weight excluding hydrogens is 329 g/mol. The Labute approximate surface area is 134 Å². The molecule has 3 nitrogen and oxygen atoms in total. The maximum atomic E-state index is 12.9. The second-order valence-corrected chi connectivity index (χ2v) is 5.89. The van der Waals surface area contributed by atoms with Crippen LogP contribution in [0.2, 0.25) is 5.02 Å². The minimum atomic E-state index is -4.31. The predicted octanol–water partition coefficient (Wildman–Crippen LogP) is 4.57. The summed E-state index contributed by atoms with van der Waals surface area (Å²) in [5.74, 6) is 0. The summed E-state index contributed by atoms with van der Waals surface area (Å²) in [5.41, 5.74) is 2.02. The Morgan fingerprint density at radius 2 is 1.96 bits per heavy atom. The summed E-state index contributed by atoms with van der Waals surface area (Å²) < 4.78 is 40.0. The van der Waals surface area contributed by atoms with Crippen LogP contribution >= 0.6 is 11.6 Å². The minimum absolute atomic E-state index is 0.244. The van der Waals surface area contributed by atoms with Crippen molar-refractivity contribution in [2.24, 2.45) is 0 Å². The number of aromatic nitrogens is 2. The van der Waals surface area contributed by atoms with Crippen molar-refractivity contribution < 1.29 is 13.2 Å². The third-order valence-electron chi connectivity index (χ3n) is 4.06. The number of aryl methyl sites for hydroxylation is 1. The quantitative estimate of drug-likeness (QED) is 0.728. The van der Waals surface area contributed by atoms with Crippen molar-refractivity contribution in [2.75, 3.05) is 0 Å². The first kappa shape index (κ1) is 15.9. The van der Waals surface area contributed by atoms with Crippen molar-refractivity contribution in [3.05, 3.63) is 44.8 Å². The number of hydrogen-bond acceptors (Lipinski definition) is 1. The van der Waals surface area contributed by atoms with Gasteiger partial charge in [0.05, 0.1) is 10.5 Å². The third kappa shape index (κ3) is 2.61. The van der Waals surface area contributed by atoms with Crippen LogP contribution < -0.4 is 5.56 Å². The molecule has 23 heavy (non-hydrogen) atoms. The van der Waals surface area contributed by atoms with E-state index in [0.29, 0.717) is 33.9 Å². The fourth-order valence-electron chi connectivity index (χ4n) is 3.17. The first-order chi connectivity index (χ1) is 10.7. The number of aromatic amines is 1. The number of pyridine rings is 1. The SMILES string of the molecule is CCc1c(C)n(CC(F)(F)F)c2ccc3[nH]c(=O)cc(Cl)c3c12. The minimum Gasteiger partial charge on any atom is -0.335 e. The Morgan fingerprint density at radius 1 is 1.26 bits per heavy atom. The Kier molecular flexibility index (Phi) is 3.67. The van der Waals surface area contributed by atoms with E-state index in [1.54, 1.807) is 19.1 Å². The van der Waals surface area contributed by atoms with Crippen molar-refractivity contribution in [1.29, 1.82) is 0 Å². The molecule has 2 heterocycles. The average Bonchev–Trinajstić information content (AvgIpc) is 2.68. The molecule has 122 valence electrons. The van der Waals surface area contributed by atoms with E-state index in [9.17, 15) is 18.0 Å². The largest absolute Gasteiger partial charge is 0.406 e. The molecule has 0 bridgehead atoms. The van der Waals surface area contributed by atoms with Gasteiger partial charge in [0.15, 0.2) is 0 Å². The molecule has 1 aromatic carbocycles. The van der Waals surface area contributed by atoms with Crippen LogP contribution in [0.5, 0.6) is 0 Å². The monoisotopic (exact) mass is 342 g/mol. The molecule has 0 radical (unpaired) electrons. The molecule has 0 saturated carbocycles. The molecule has 7 heteroatoms. The summed E-state index contributed by atoms with van der Waals surface area (Å²) >= 11 is 6.21. The van der Waals surface area contributed by atoms with Crippen molar-refractivity contribution in [2.45, 2.75) is 33.0 Å². The Hall–Kier alpha value is -1.95. The topological polar surface area (TPSA) is 37.8 Å². The van der Waals surface area contributed by atoms with Gasteiger partial charge in [0, 0.05) is 28.0 Å². The molecule has 1 N–H and O–H groups in total. The van der Waals surface area contributed by atoms with E-state index >= 15 is 0 Å². The standard InChI is InChI=1S/C16H14ClF3N2O/c1-3-9-8(2)22(7-16(18,19)20)12-5-4-11-15(14(9)12)10(17)6-13(23)21-11/h4-6H,3,7H2,1-2H3,(H,21,23). The lowest BCUT2D eigenvalue weighted by atomic mass is 10.0. The van der Waals surface area contributed by atoms with Crippen LogP contribution in [-0.4, -0.2) is 15.7 Å². The van der Waals surface area contributed by atoms with Crippen LogP contribution in [0.15, 0.2) is 23.0 Å².